The lowest BCUT2D eigenvalue weighted by atomic mass is 10.0. The lowest BCUT2D eigenvalue weighted by Gasteiger charge is -2.17. The number of nitro groups is 1. The van der Waals surface area contributed by atoms with E-state index < -0.39 is 34.9 Å². The number of carbonyl (C=O) groups is 3. The smallest absolute Gasteiger partial charge is 0.282 e. The van der Waals surface area contributed by atoms with Crippen molar-refractivity contribution in [3.63, 3.8) is 0 Å². The number of amides is 3. The number of nitrogens with one attached hydrogen (secondary N) is 1. The second kappa shape index (κ2) is 8.07. The Morgan fingerprint density at radius 1 is 1.19 bits per heavy atom. The van der Waals surface area contributed by atoms with Gasteiger partial charge in [-0.05, 0) is 25.3 Å². The summed E-state index contributed by atoms with van der Waals surface area (Å²) < 4.78 is 0. The number of nitro benzene ring substituents is 1. The zero-order valence-corrected chi connectivity index (χ0v) is 15.2. The van der Waals surface area contributed by atoms with Gasteiger partial charge in [-0.2, -0.15) is 0 Å². The second-order valence-corrected chi connectivity index (χ2v) is 6.95. The Balaban J connectivity index is 2.01. The largest absolute Gasteiger partial charge is 0.352 e. The Bertz CT molecular complexity index is 744. The van der Waals surface area contributed by atoms with Crippen molar-refractivity contribution in [2.45, 2.75) is 46.1 Å². The van der Waals surface area contributed by atoms with Crippen molar-refractivity contribution >= 4 is 23.4 Å². The normalized spacial score (nSPS) is 14.5. The predicted octanol–water partition coefficient (Wildman–Crippen LogP) is 2.52. The van der Waals surface area contributed by atoms with Crippen molar-refractivity contribution < 1.29 is 19.3 Å². The number of imide groups is 1. The molecule has 140 valence electrons. The molecule has 0 saturated heterocycles. The molecule has 0 bridgehead atoms. The van der Waals surface area contributed by atoms with Crippen LogP contribution >= 0.6 is 0 Å². The molecule has 0 radical (unpaired) electrons. The minimum absolute atomic E-state index is 0.0398. The third kappa shape index (κ3) is 4.25. The van der Waals surface area contributed by atoms with E-state index in [4.69, 9.17) is 0 Å². The molecule has 1 aromatic rings. The van der Waals surface area contributed by atoms with Crippen LogP contribution in [-0.4, -0.2) is 40.1 Å². The second-order valence-electron chi connectivity index (χ2n) is 6.95. The third-order valence-corrected chi connectivity index (χ3v) is 4.30. The van der Waals surface area contributed by atoms with Gasteiger partial charge in [0.05, 0.1) is 10.5 Å². The van der Waals surface area contributed by atoms with Crippen LogP contribution in [0.3, 0.4) is 0 Å². The van der Waals surface area contributed by atoms with E-state index in [1.165, 1.54) is 18.2 Å². The van der Waals surface area contributed by atoms with Gasteiger partial charge in [0.25, 0.3) is 17.5 Å². The summed E-state index contributed by atoms with van der Waals surface area (Å²) in [6.45, 7) is 5.68. The van der Waals surface area contributed by atoms with E-state index in [0.717, 1.165) is 24.2 Å². The molecule has 26 heavy (non-hydrogen) atoms. The molecule has 8 nitrogen and oxygen atoms in total. The van der Waals surface area contributed by atoms with Crippen LogP contribution in [0.4, 0.5) is 5.69 Å². The van der Waals surface area contributed by atoms with Gasteiger partial charge in [-0.15, -0.1) is 0 Å². The molecule has 1 N–H and O–H groups in total. The monoisotopic (exact) mass is 361 g/mol. The number of fused-ring (bicyclic) bond motifs is 1. The lowest BCUT2D eigenvalue weighted by Crippen LogP contribution is -2.43. The van der Waals surface area contributed by atoms with Crippen LogP contribution in [0.2, 0.25) is 0 Å². The maximum Gasteiger partial charge on any atom is 0.282 e. The first-order valence-electron chi connectivity index (χ1n) is 8.65. The fourth-order valence-electron chi connectivity index (χ4n) is 2.98. The van der Waals surface area contributed by atoms with Gasteiger partial charge in [0.15, 0.2) is 0 Å². The van der Waals surface area contributed by atoms with Gasteiger partial charge < -0.3 is 5.32 Å². The molecule has 1 aliphatic heterocycles. The van der Waals surface area contributed by atoms with Crippen LogP contribution in [0.5, 0.6) is 0 Å². The molecule has 0 aliphatic carbocycles. The molecule has 1 heterocycles. The fourth-order valence-corrected chi connectivity index (χ4v) is 2.98. The molecule has 1 atom stereocenters. The van der Waals surface area contributed by atoms with Crippen molar-refractivity contribution in [3.8, 4) is 0 Å². The summed E-state index contributed by atoms with van der Waals surface area (Å²) in [5.41, 5.74) is -0.715. The summed E-state index contributed by atoms with van der Waals surface area (Å²) in [5.74, 6) is -1.36. The van der Waals surface area contributed by atoms with E-state index in [2.05, 4.69) is 19.2 Å². The van der Waals surface area contributed by atoms with E-state index in [-0.39, 0.29) is 17.2 Å². The predicted molar refractivity (Wildman–Crippen MR) is 94.8 cm³/mol. The Morgan fingerprint density at radius 2 is 1.88 bits per heavy atom. The highest BCUT2D eigenvalue weighted by Crippen LogP contribution is 2.30. The summed E-state index contributed by atoms with van der Waals surface area (Å²) in [5, 5.41) is 13.8. The van der Waals surface area contributed by atoms with Gasteiger partial charge in [0, 0.05) is 12.1 Å². The maximum atomic E-state index is 12.4. The van der Waals surface area contributed by atoms with Crippen LogP contribution in [-0.2, 0) is 4.79 Å². The molecule has 0 fully saturated rings. The fraction of sp³-hybridized carbons (Fsp3) is 0.500. The van der Waals surface area contributed by atoms with Crippen LogP contribution in [0, 0.1) is 16.0 Å². The summed E-state index contributed by atoms with van der Waals surface area (Å²) >= 11 is 0. The standard InChI is InChI=1S/C18H23N3O5/c1-11(2)6-4-7-12(3)19-15(22)10-20-17(23)13-8-5-9-14(21(25)26)16(13)18(20)24/h5,8-9,11-12H,4,6-7,10H2,1-3H3,(H,19,22)/t12-/m0/s1. The van der Waals surface area contributed by atoms with E-state index in [0.29, 0.717) is 5.92 Å². The third-order valence-electron chi connectivity index (χ3n) is 4.30. The van der Waals surface area contributed by atoms with E-state index >= 15 is 0 Å². The quantitative estimate of drug-likeness (QED) is 0.435. The zero-order valence-electron chi connectivity index (χ0n) is 15.2. The number of rotatable bonds is 8. The minimum Gasteiger partial charge on any atom is -0.352 e. The van der Waals surface area contributed by atoms with Crippen LogP contribution in [0.25, 0.3) is 0 Å². The number of carbonyl (C=O) groups excluding carboxylic acids is 3. The van der Waals surface area contributed by atoms with Crippen molar-refractivity contribution in [2.75, 3.05) is 6.54 Å². The van der Waals surface area contributed by atoms with E-state index in [1.807, 2.05) is 6.92 Å². The number of benzene rings is 1. The Morgan fingerprint density at radius 3 is 2.50 bits per heavy atom. The van der Waals surface area contributed by atoms with Gasteiger partial charge in [-0.1, -0.05) is 32.8 Å². The van der Waals surface area contributed by atoms with Gasteiger partial charge >= 0.3 is 0 Å². The first kappa shape index (κ1) is 19.6. The van der Waals surface area contributed by atoms with Gasteiger partial charge in [0.2, 0.25) is 5.91 Å². The first-order valence-corrected chi connectivity index (χ1v) is 8.65. The topological polar surface area (TPSA) is 110 Å². The molecule has 0 spiro atoms. The Hall–Kier alpha value is -2.77. The minimum atomic E-state index is -0.806. The summed E-state index contributed by atoms with van der Waals surface area (Å²) in [6.07, 6.45) is 2.83. The number of hydrogen-bond acceptors (Lipinski definition) is 5. The Labute approximate surface area is 151 Å². The number of hydrogen-bond donors (Lipinski definition) is 1. The highest BCUT2D eigenvalue weighted by Gasteiger charge is 2.41. The lowest BCUT2D eigenvalue weighted by molar-refractivity contribution is -0.385. The zero-order chi connectivity index (χ0) is 19.4. The summed E-state index contributed by atoms with van der Waals surface area (Å²) in [6, 6.07) is 3.80. The highest BCUT2D eigenvalue weighted by molar-refractivity contribution is 6.24. The SMILES string of the molecule is CC(C)CCC[C@H](C)NC(=O)CN1C(=O)c2cccc([N+](=O)[O-])c2C1=O. The maximum absolute atomic E-state index is 12.4. The first-order chi connectivity index (χ1) is 12.2. The van der Waals surface area contributed by atoms with Crippen molar-refractivity contribution in [1.82, 2.24) is 10.2 Å². The highest BCUT2D eigenvalue weighted by atomic mass is 16.6. The average Bonchev–Trinajstić information content (AvgIpc) is 2.79. The van der Waals surface area contributed by atoms with E-state index in [1.54, 1.807) is 0 Å². The van der Waals surface area contributed by atoms with Crippen molar-refractivity contribution in [3.05, 3.63) is 39.4 Å². The van der Waals surface area contributed by atoms with Gasteiger partial charge in [0.1, 0.15) is 12.1 Å². The molecule has 0 unspecified atom stereocenters. The van der Waals surface area contributed by atoms with Crippen LogP contribution < -0.4 is 5.32 Å². The Kier molecular flexibility index (Phi) is 6.07. The summed E-state index contributed by atoms with van der Waals surface area (Å²) in [7, 11) is 0. The molecule has 2 rings (SSSR count). The molecule has 3 amide bonds. The van der Waals surface area contributed by atoms with Gasteiger partial charge in [-0.25, -0.2) is 0 Å². The number of nitrogens with zero attached hydrogens (tertiary/aromatic N) is 2. The molecule has 0 aromatic heterocycles. The molecular weight excluding hydrogens is 338 g/mol. The van der Waals surface area contributed by atoms with E-state index in [9.17, 15) is 24.5 Å². The molecule has 0 saturated carbocycles. The van der Waals surface area contributed by atoms with Crippen LogP contribution in [0.15, 0.2) is 18.2 Å². The van der Waals surface area contributed by atoms with Crippen LogP contribution in [0.1, 0.15) is 60.7 Å². The average molecular weight is 361 g/mol. The molecular formula is C18H23N3O5. The summed E-state index contributed by atoms with van der Waals surface area (Å²) in [4.78, 5) is 48.1. The van der Waals surface area contributed by atoms with Crippen molar-refractivity contribution in [1.29, 1.82) is 0 Å². The molecule has 1 aromatic carbocycles. The molecule has 1 aliphatic rings. The molecule has 8 heteroatoms. The van der Waals surface area contributed by atoms with Crippen molar-refractivity contribution in [2.24, 2.45) is 5.92 Å². The van der Waals surface area contributed by atoms with Gasteiger partial charge in [-0.3, -0.25) is 29.4 Å².